The Kier molecular flexibility index (Phi) is 4.06. The summed E-state index contributed by atoms with van der Waals surface area (Å²) in [5.74, 6) is 0.542. The van der Waals surface area contributed by atoms with Crippen molar-refractivity contribution in [3.8, 4) is 0 Å². The number of rotatable bonds is 1. The number of nitrogens with zero attached hydrogens (tertiary/aromatic N) is 2. The predicted molar refractivity (Wildman–Crippen MR) is 77.2 cm³/mol. The highest BCUT2D eigenvalue weighted by Gasteiger charge is 2.31. The summed E-state index contributed by atoms with van der Waals surface area (Å²) in [6.45, 7) is 10.5. The lowest BCUT2D eigenvalue weighted by Crippen LogP contribution is -2.46. The first-order valence-electron chi connectivity index (χ1n) is 7.36. The van der Waals surface area contributed by atoms with Crippen LogP contribution in [0.1, 0.15) is 57.7 Å². The van der Waals surface area contributed by atoms with Crippen LogP contribution in [0.25, 0.3) is 0 Å². The van der Waals surface area contributed by atoms with Crippen LogP contribution in [0.15, 0.2) is 9.32 Å². The average Bonchev–Trinajstić information content (AvgIpc) is 2.67. The molecule has 1 amide bonds. The van der Waals surface area contributed by atoms with Crippen molar-refractivity contribution in [2.75, 3.05) is 6.54 Å². The van der Waals surface area contributed by atoms with E-state index in [0.29, 0.717) is 17.2 Å². The van der Waals surface area contributed by atoms with Gasteiger partial charge in [0.05, 0.1) is 11.3 Å². The molecule has 1 saturated heterocycles. The number of hydrogen-bond acceptors (Lipinski definition) is 3. The van der Waals surface area contributed by atoms with Gasteiger partial charge in [0.15, 0.2) is 0 Å². The molecule has 0 N–H and O–H groups in total. The molecule has 0 saturated carbocycles. The molecule has 0 spiro atoms. The first-order valence-corrected chi connectivity index (χ1v) is 7.36. The summed E-state index contributed by atoms with van der Waals surface area (Å²) >= 11 is 0. The molecule has 1 aliphatic rings. The largest absolute Gasteiger partial charge is 0.361 e. The smallest absolute Gasteiger partial charge is 0.327 e. The molecule has 2 unspecified atom stereocenters. The Hall–Kier alpha value is -1.52. The Labute approximate surface area is 119 Å². The predicted octanol–water partition coefficient (Wildman–Crippen LogP) is 2.96. The summed E-state index contributed by atoms with van der Waals surface area (Å²) in [5, 5.41) is 0. The third-order valence-corrected chi connectivity index (χ3v) is 4.20. The molecule has 2 rings (SSSR count). The number of amides is 1. The molecular formula is C15H24N2O3. The summed E-state index contributed by atoms with van der Waals surface area (Å²) < 4.78 is 6.35. The number of likely N-dealkylation sites (tertiary alicyclic amines) is 1. The van der Waals surface area contributed by atoms with Crippen molar-refractivity contribution in [2.24, 2.45) is 5.92 Å². The number of aromatic nitrogens is 1. The van der Waals surface area contributed by atoms with Gasteiger partial charge in [-0.1, -0.05) is 20.8 Å². The highest BCUT2D eigenvalue weighted by atomic mass is 16.5. The Morgan fingerprint density at radius 2 is 1.95 bits per heavy atom. The lowest BCUT2D eigenvalue weighted by atomic mass is 9.95. The second kappa shape index (κ2) is 5.46. The number of carbonyl (C=O) groups is 1. The molecule has 0 radical (unpaired) electrons. The molecule has 0 aliphatic carbocycles. The quantitative estimate of drug-likeness (QED) is 0.794. The molecule has 112 valence electrons. The van der Waals surface area contributed by atoms with Crippen LogP contribution in [0.5, 0.6) is 0 Å². The van der Waals surface area contributed by atoms with Gasteiger partial charge in [0.1, 0.15) is 0 Å². The molecule has 1 aliphatic heterocycles. The Morgan fingerprint density at radius 1 is 1.30 bits per heavy atom. The van der Waals surface area contributed by atoms with E-state index < -0.39 is 5.63 Å². The zero-order valence-corrected chi connectivity index (χ0v) is 13.0. The van der Waals surface area contributed by atoms with E-state index >= 15 is 0 Å². The van der Waals surface area contributed by atoms with Gasteiger partial charge in [0.25, 0.3) is 0 Å². The van der Waals surface area contributed by atoms with Crippen molar-refractivity contribution < 1.29 is 9.32 Å². The summed E-state index contributed by atoms with van der Waals surface area (Å²) in [4.78, 5) is 26.3. The minimum absolute atomic E-state index is 0.0537. The molecule has 0 aromatic carbocycles. The van der Waals surface area contributed by atoms with Crippen LogP contribution in [0, 0.1) is 12.8 Å². The van der Waals surface area contributed by atoms with Crippen LogP contribution < -0.4 is 5.63 Å². The molecule has 5 nitrogen and oxygen atoms in total. The van der Waals surface area contributed by atoms with Crippen molar-refractivity contribution >= 4 is 6.03 Å². The van der Waals surface area contributed by atoms with E-state index in [-0.39, 0.29) is 18.0 Å². The van der Waals surface area contributed by atoms with Gasteiger partial charge in [-0.2, -0.15) is 0 Å². The monoisotopic (exact) mass is 280 g/mol. The molecule has 2 atom stereocenters. The van der Waals surface area contributed by atoms with Crippen molar-refractivity contribution in [3.05, 3.63) is 21.7 Å². The molecule has 1 aromatic rings. The number of hydrogen-bond donors (Lipinski definition) is 0. The lowest BCUT2D eigenvalue weighted by molar-refractivity contribution is 0.116. The van der Waals surface area contributed by atoms with E-state index in [2.05, 4.69) is 6.92 Å². The molecule has 1 aromatic heterocycles. The van der Waals surface area contributed by atoms with Crippen molar-refractivity contribution in [1.29, 1.82) is 0 Å². The maximum absolute atomic E-state index is 12.6. The minimum Gasteiger partial charge on any atom is -0.327 e. The van der Waals surface area contributed by atoms with Crippen LogP contribution in [0.3, 0.4) is 0 Å². The Morgan fingerprint density at radius 3 is 2.50 bits per heavy atom. The molecule has 2 heterocycles. The number of carbonyl (C=O) groups excluding carboxylic acids is 1. The molecular weight excluding hydrogens is 256 g/mol. The van der Waals surface area contributed by atoms with Crippen LogP contribution >= 0.6 is 0 Å². The molecule has 5 heteroatoms. The summed E-state index contributed by atoms with van der Waals surface area (Å²) in [7, 11) is 0. The highest BCUT2D eigenvalue weighted by Crippen LogP contribution is 2.23. The van der Waals surface area contributed by atoms with Gasteiger partial charge in [-0.05, 0) is 38.5 Å². The van der Waals surface area contributed by atoms with Gasteiger partial charge >= 0.3 is 11.7 Å². The summed E-state index contributed by atoms with van der Waals surface area (Å²) in [5.41, 5.74) is 0.819. The van der Waals surface area contributed by atoms with Crippen molar-refractivity contribution in [2.45, 2.75) is 59.4 Å². The average molecular weight is 280 g/mol. The second-order valence-corrected chi connectivity index (χ2v) is 6.29. The minimum atomic E-state index is -0.399. The van der Waals surface area contributed by atoms with Crippen LogP contribution in [-0.4, -0.2) is 28.3 Å². The second-order valence-electron chi connectivity index (χ2n) is 6.29. The van der Waals surface area contributed by atoms with Gasteiger partial charge in [-0.25, -0.2) is 9.59 Å². The topological polar surface area (TPSA) is 55.5 Å². The zero-order chi connectivity index (χ0) is 15.0. The Balaban J connectivity index is 2.34. The van der Waals surface area contributed by atoms with Gasteiger partial charge in [0.2, 0.25) is 0 Å². The van der Waals surface area contributed by atoms with Gasteiger partial charge in [-0.15, -0.1) is 4.74 Å². The first kappa shape index (κ1) is 14.9. The van der Waals surface area contributed by atoms with E-state index in [9.17, 15) is 9.59 Å². The maximum atomic E-state index is 12.6. The van der Waals surface area contributed by atoms with E-state index in [1.807, 2.05) is 25.7 Å². The van der Waals surface area contributed by atoms with E-state index in [4.69, 9.17) is 4.52 Å². The van der Waals surface area contributed by atoms with Gasteiger partial charge in [-0.3, -0.25) is 0 Å². The SMILES string of the molecule is Cc1c(C(C)C)c(=O)on1C(=O)N1CC(C)CCC1C. The fraction of sp³-hybridized carbons (Fsp3) is 0.733. The van der Waals surface area contributed by atoms with Crippen molar-refractivity contribution in [3.63, 3.8) is 0 Å². The highest BCUT2D eigenvalue weighted by molar-refractivity contribution is 5.76. The molecule has 20 heavy (non-hydrogen) atoms. The molecule has 0 bridgehead atoms. The normalized spacial score (nSPS) is 23.4. The first-order chi connectivity index (χ1) is 9.32. The van der Waals surface area contributed by atoms with E-state index in [1.54, 1.807) is 6.92 Å². The third-order valence-electron chi connectivity index (χ3n) is 4.20. The third kappa shape index (κ3) is 2.53. The van der Waals surface area contributed by atoms with Gasteiger partial charge in [0, 0.05) is 12.6 Å². The number of piperidine rings is 1. The maximum Gasteiger partial charge on any atom is 0.361 e. The van der Waals surface area contributed by atoms with Crippen LogP contribution in [0.2, 0.25) is 0 Å². The summed E-state index contributed by atoms with van der Waals surface area (Å²) in [6, 6.07) is -0.0288. The fourth-order valence-electron chi connectivity index (χ4n) is 2.97. The van der Waals surface area contributed by atoms with E-state index in [1.165, 1.54) is 4.74 Å². The van der Waals surface area contributed by atoms with Gasteiger partial charge < -0.3 is 9.42 Å². The standard InChI is InChI=1S/C15H24N2O3/c1-9(2)13-12(5)17(20-14(13)18)15(19)16-8-10(3)6-7-11(16)4/h9-11H,6-8H2,1-5H3. The fourth-order valence-corrected chi connectivity index (χ4v) is 2.97. The summed E-state index contributed by atoms with van der Waals surface area (Å²) in [6.07, 6.45) is 2.13. The Bertz CT molecular complexity index is 556. The zero-order valence-electron chi connectivity index (χ0n) is 13.0. The van der Waals surface area contributed by atoms with E-state index in [0.717, 1.165) is 19.4 Å². The lowest BCUT2D eigenvalue weighted by Gasteiger charge is -2.36. The van der Waals surface area contributed by atoms with Crippen molar-refractivity contribution in [1.82, 2.24) is 9.64 Å². The molecule has 1 fully saturated rings. The van der Waals surface area contributed by atoms with Crippen LogP contribution in [-0.2, 0) is 0 Å². The van der Waals surface area contributed by atoms with Crippen LogP contribution in [0.4, 0.5) is 4.79 Å².